The highest BCUT2D eigenvalue weighted by atomic mass is 16.2. The number of hydrogen-bond donors (Lipinski definition) is 3. The van der Waals surface area contributed by atoms with E-state index in [1.165, 1.54) is 0 Å². The van der Waals surface area contributed by atoms with E-state index in [1.54, 1.807) is 7.05 Å². The van der Waals surface area contributed by atoms with E-state index in [0.29, 0.717) is 5.69 Å². The highest BCUT2D eigenvalue weighted by Gasteiger charge is 2.20. The Bertz CT molecular complexity index is 547. The zero-order valence-electron chi connectivity index (χ0n) is 13.9. The van der Waals surface area contributed by atoms with Gasteiger partial charge in [0.15, 0.2) is 0 Å². The van der Waals surface area contributed by atoms with E-state index in [0.717, 1.165) is 38.0 Å². The van der Waals surface area contributed by atoms with Crippen molar-refractivity contribution in [1.82, 2.24) is 15.5 Å². The van der Waals surface area contributed by atoms with Crippen molar-refractivity contribution in [2.45, 2.75) is 32.2 Å². The molecule has 6 heteroatoms. The van der Waals surface area contributed by atoms with Gasteiger partial charge in [-0.2, -0.15) is 0 Å². The zero-order valence-corrected chi connectivity index (χ0v) is 13.9. The number of benzene rings is 1. The quantitative estimate of drug-likeness (QED) is 0.772. The fourth-order valence-electron chi connectivity index (χ4n) is 2.86. The molecule has 6 nitrogen and oxygen atoms in total. The average molecular weight is 318 g/mol. The van der Waals surface area contributed by atoms with Crippen LogP contribution in [0.25, 0.3) is 0 Å². The van der Waals surface area contributed by atoms with Crippen molar-refractivity contribution in [3.8, 4) is 0 Å². The second-order valence-corrected chi connectivity index (χ2v) is 5.84. The van der Waals surface area contributed by atoms with Crippen molar-refractivity contribution >= 4 is 17.6 Å². The van der Waals surface area contributed by atoms with E-state index in [1.807, 2.05) is 24.3 Å². The molecule has 1 unspecified atom stereocenters. The summed E-state index contributed by atoms with van der Waals surface area (Å²) in [4.78, 5) is 26.1. The number of rotatable bonds is 5. The maximum Gasteiger partial charge on any atom is 0.319 e. The number of nitrogens with one attached hydrogen (secondary N) is 3. The average Bonchev–Trinajstić information content (AvgIpc) is 2.56. The monoisotopic (exact) mass is 318 g/mol. The topological polar surface area (TPSA) is 73.5 Å². The molecule has 0 spiro atoms. The van der Waals surface area contributed by atoms with Crippen LogP contribution < -0.4 is 16.0 Å². The molecule has 0 radical (unpaired) electrons. The molecule has 0 bridgehead atoms. The molecule has 126 valence electrons. The van der Waals surface area contributed by atoms with Crippen LogP contribution in [0, 0.1) is 0 Å². The van der Waals surface area contributed by atoms with Gasteiger partial charge in [-0.1, -0.05) is 25.1 Å². The summed E-state index contributed by atoms with van der Waals surface area (Å²) in [5.74, 6) is -0.0782. The molecule has 2 rings (SSSR count). The van der Waals surface area contributed by atoms with Crippen molar-refractivity contribution < 1.29 is 9.59 Å². The lowest BCUT2D eigenvalue weighted by Gasteiger charge is -2.32. The molecule has 1 atom stereocenters. The molecular formula is C17H26N4O2. The first-order valence-electron chi connectivity index (χ1n) is 8.20. The summed E-state index contributed by atoms with van der Waals surface area (Å²) in [7, 11) is 1.60. The highest BCUT2D eigenvalue weighted by Crippen LogP contribution is 2.16. The Balaban J connectivity index is 1.93. The van der Waals surface area contributed by atoms with Crippen LogP contribution in [0.3, 0.4) is 0 Å². The van der Waals surface area contributed by atoms with Crippen molar-refractivity contribution in [3.05, 3.63) is 29.8 Å². The molecular weight excluding hydrogens is 292 g/mol. The van der Waals surface area contributed by atoms with Crippen LogP contribution in [0.5, 0.6) is 0 Å². The van der Waals surface area contributed by atoms with Gasteiger partial charge in [0.1, 0.15) is 0 Å². The van der Waals surface area contributed by atoms with Crippen molar-refractivity contribution in [3.63, 3.8) is 0 Å². The third kappa shape index (κ3) is 5.25. The van der Waals surface area contributed by atoms with Gasteiger partial charge in [-0.05, 0) is 37.6 Å². The Hall–Kier alpha value is -2.08. The van der Waals surface area contributed by atoms with Crippen LogP contribution in [0.15, 0.2) is 24.3 Å². The Kier molecular flexibility index (Phi) is 6.40. The Morgan fingerprint density at radius 2 is 2.09 bits per heavy atom. The minimum atomic E-state index is -0.211. The maximum absolute atomic E-state index is 12.2. The Morgan fingerprint density at radius 1 is 1.30 bits per heavy atom. The first-order valence-corrected chi connectivity index (χ1v) is 8.20. The van der Waals surface area contributed by atoms with Gasteiger partial charge in [-0.15, -0.1) is 0 Å². The first kappa shape index (κ1) is 17.3. The van der Waals surface area contributed by atoms with Crippen LogP contribution in [0.4, 0.5) is 10.5 Å². The van der Waals surface area contributed by atoms with E-state index in [-0.39, 0.29) is 24.4 Å². The van der Waals surface area contributed by atoms with Crippen molar-refractivity contribution in [1.29, 1.82) is 0 Å². The minimum absolute atomic E-state index is 0.0782. The van der Waals surface area contributed by atoms with Crippen LogP contribution in [-0.2, 0) is 11.2 Å². The Morgan fingerprint density at radius 3 is 2.83 bits per heavy atom. The fourth-order valence-corrected chi connectivity index (χ4v) is 2.86. The molecule has 23 heavy (non-hydrogen) atoms. The van der Waals surface area contributed by atoms with Crippen molar-refractivity contribution in [2.75, 3.05) is 32.0 Å². The summed E-state index contributed by atoms with van der Waals surface area (Å²) in [5.41, 5.74) is 1.48. The highest BCUT2D eigenvalue weighted by molar-refractivity contribution is 5.91. The lowest BCUT2D eigenvalue weighted by Crippen LogP contribution is -2.48. The van der Waals surface area contributed by atoms with E-state index >= 15 is 0 Å². The second kappa shape index (κ2) is 8.53. The maximum atomic E-state index is 12.2. The molecule has 0 aliphatic carbocycles. The summed E-state index contributed by atoms with van der Waals surface area (Å²) < 4.78 is 0. The molecule has 1 aliphatic rings. The Labute approximate surface area is 137 Å². The number of likely N-dealkylation sites (tertiary alicyclic amines) is 1. The van der Waals surface area contributed by atoms with Gasteiger partial charge in [-0.3, -0.25) is 4.79 Å². The number of anilines is 1. The minimum Gasteiger partial charge on any atom is -0.359 e. The van der Waals surface area contributed by atoms with Crippen LogP contribution in [0.2, 0.25) is 0 Å². The summed E-state index contributed by atoms with van der Waals surface area (Å²) in [6.07, 6.45) is 2.36. The first-order chi connectivity index (χ1) is 11.1. The smallest absolute Gasteiger partial charge is 0.319 e. The summed E-state index contributed by atoms with van der Waals surface area (Å²) in [5, 5.41) is 8.50. The molecule has 1 heterocycles. The number of hydrogen-bond acceptors (Lipinski definition) is 3. The van der Waals surface area contributed by atoms with Crippen molar-refractivity contribution in [2.24, 2.45) is 0 Å². The van der Waals surface area contributed by atoms with Crippen LogP contribution in [0.1, 0.15) is 25.3 Å². The SMILES string of the molecule is CCN1CCCC(NC(=O)Nc2ccccc2CC(=O)NC)C1. The molecule has 0 aromatic heterocycles. The normalized spacial score (nSPS) is 18.3. The van der Waals surface area contributed by atoms with E-state index in [4.69, 9.17) is 0 Å². The second-order valence-electron chi connectivity index (χ2n) is 5.84. The molecule has 3 amide bonds. The number of amides is 3. The van der Waals surface area contributed by atoms with E-state index in [9.17, 15) is 9.59 Å². The fraction of sp³-hybridized carbons (Fsp3) is 0.529. The summed E-state index contributed by atoms with van der Waals surface area (Å²) >= 11 is 0. The standard InChI is InChI=1S/C17H26N4O2/c1-3-21-10-6-8-14(12-21)19-17(23)20-15-9-5-4-7-13(15)11-16(22)18-2/h4-5,7,9,14H,3,6,8,10-12H2,1-2H3,(H,18,22)(H2,19,20,23). The lowest BCUT2D eigenvalue weighted by atomic mass is 10.1. The molecule has 1 saturated heterocycles. The number of para-hydroxylation sites is 1. The van der Waals surface area contributed by atoms with Gasteiger partial charge < -0.3 is 20.9 Å². The summed E-state index contributed by atoms with van der Waals surface area (Å²) in [6.45, 7) is 5.14. The molecule has 1 aliphatic heterocycles. The van der Waals surface area contributed by atoms with Gasteiger partial charge in [0.05, 0.1) is 6.42 Å². The predicted molar refractivity (Wildman–Crippen MR) is 91.5 cm³/mol. The number of likely N-dealkylation sites (N-methyl/N-ethyl adjacent to an activating group) is 2. The number of nitrogens with zero attached hydrogens (tertiary/aromatic N) is 1. The lowest BCUT2D eigenvalue weighted by molar-refractivity contribution is -0.119. The van der Waals surface area contributed by atoms with Gasteiger partial charge in [0.25, 0.3) is 0 Å². The molecule has 3 N–H and O–H groups in total. The third-order valence-corrected chi connectivity index (χ3v) is 4.18. The van der Waals surface area contributed by atoms with Gasteiger partial charge in [-0.25, -0.2) is 4.79 Å². The van der Waals surface area contributed by atoms with E-state index in [2.05, 4.69) is 27.8 Å². The molecule has 1 aromatic carbocycles. The van der Waals surface area contributed by atoms with Gasteiger partial charge in [0.2, 0.25) is 5.91 Å². The molecule has 1 fully saturated rings. The van der Waals surface area contributed by atoms with Crippen LogP contribution >= 0.6 is 0 Å². The van der Waals surface area contributed by atoms with Gasteiger partial charge in [0, 0.05) is 25.3 Å². The zero-order chi connectivity index (χ0) is 16.7. The molecule has 1 aromatic rings. The number of urea groups is 1. The summed E-state index contributed by atoms with van der Waals surface area (Å²) in [6, 6.07) is 7.35. The predicted octanol–water partition coefficient (Wildman–Crippen LogP) is 1.58. The number of piperidine rings is 1. The van der Waals surface area contributed by atoms with Crippen LogP contribution in [-0.4, -0.2) is 49.6 Å². The molecule has 0 saturated carbocycles. The van der Waals surface area contributed by atoms with Gasteiger partial charge >= 0.3 is 6.03 Å². The number of carbonyl (C=O) groups excluding carboxylic acids is 2. The largest absolute Gasteiger partial charge is 0.359 e. The third-order valence-electron chi connectivity index (χ3n) is 4.18. The van der Waals surface area contributed by atoms with E-state index < -0.39 is 0 Å². The number of carbonyl (C=O) groups is 2.